The number of fused-ring (bicyclic) bond motifs is 3. The number of nitrogens with zero attached hydrogens (tertiary/aromatic N) is 2. The molecule has 10 heteroatoms. The molecule has 0 bridgehead atoms. The Hall–Kier alpha value is -3.82. The average Bonchev–Trinajstić information content (AvgIpc) is 2.92. The van der Waals surface area contributed by atoms with Crippen LogP contribution in [0, 0.1) is 0 Å². The van der Waals surface area contributed by atoms with E-state index in [1.165, 1.54) is 0 Å². The lowest BCUT2D eigenvalue weighted by Crippen LogP contribution is -2.41. The average molecular weight is 330 g/mol. The van der Waals surface area contributed by atoms with Crippen molar-refractivity contribution >= 4 is 46.7 Å². The van der Waals surface area contributed by atoms with Crippen LogP contribution in [0.2, 0.25) is 0 Å². The monoisotopic (exact) mass is 330 g/mol. The van der Waals surface area contributed by atoms with Gasteiger partial charge < -0.3 is 20.4 Å². The number of carbonyl (C=O) groups is 4. The lowest BCUT2D eigenvalue weighted by Gasteiger charge is -2.11. The highest BCUT2D eigenvalue weighted by Crippen LogP contribution is 2.25. The van der Waals surface area contributed by atoms with Gasteiger partial charge in [0.25, 0.3) is 0 Å². The Labute approximate surface area is 131 Å². The summed E-state index contributed by atoms with van der Waals surface area (Å²) in [4.78, 5) is 52.9. The Morgan fingerprint density at radius 1 is 0.958 bits per heavy atom. The fourth-order valence-electron chi connectivity index (χ4n) is 2.40. The molecule has 0 saturated heterocycles. The molecule has 24 heavy (non-hydrogen) atoms. The summed E-state index contributed by atoms with van der Waals surface area (Å²) in [6.07, 6.45) is 1.01. The van der Waals surface area contributed by atoms with E-state index in [9.17, 15) is 29.4 Å². The molecule has 0 fully saturated rings. The lowest BCUT2D eigenvalue weighted by atomic mass is 9.97. The van der Waals surface area contributed by atoms with Gasteiger partial charge >= 0.3 is 17.9 Å². The van der Waals surface area contributed by atoms with Crippen LogP contribution < -0.4 is 10.6 Å². The van der Waals surface area contributed by atoms with Crippen LogP contribution in [0.4, 0.5) is 5.69 Å². The summed E-state index contributed by atoms with van der Waals surface area (Å²) in [6.45, 7) is 0. The molecule has 3 rings (SSSR count). The van der Waals surface area contributed by atoms with Crippen molar-refractivity contribution in [2.75, 3.05) is 0 Å². The zero-order valence-electron chi connectivity index (χ0n) is 11.5. The minimum absolute atomic E-state index is 0.0910. The third kappa shape index (κ3) is 1.97. The molecular formula is C14H6N2O8. The Bertz CT molecular complexity index is 1060. The Kier molecular flexibility index (Phi) is 3.04. The lowest BCUT2D eigenvalue weighted by molar-refractivity contribution is -0.133. The van der Waals surface area contributed by atoms with Crippen molar-refractivity contribution in [1.29, 1.82) is 0 Å². The van der Waals surface area contributed by atoms with Gasteiger partial charge in [-0.3, -0.25) is 4.79 Å². The SMILES string of the molecule is O=C(O)C1=Cc2c(O)cc3c(c2=N1)=C(C(=O)O)C(=O)C(C(=O)O)=N3. The number of Topliss-reactive ketones (excluding diaryl/α,β-unsaturated/α-hetero) is 1. The van der Waals surface area contributed by atoms with E-state index in [0.29, 0.717) is 0 Å². The Morgan fingerprint density at radius 2 is 1.62 bits per heavy atom. The number of phenolic OH excluding ortho intramolecular Hbond substituents is 1. The number of rotatable bonds is 3. The highest BCUT2D eigenvalue weighted by molar-refractivity contribution is 6.76. The van der Waals surface area contributed by atoms with E-state index in [4.69, 9.17) is 10.2 Å². The van der Waals surface area contributed by atoms with Crippen LogP contribution >= 0.6 is 0 Å². The van der Waals surface area contributed by atoms with Crippen molar-refractivity contribution in [3.05, 3.63) is 27.9 Å². The summed E-state index contributed by atoms with van der Waals surface area (Å²) >= 11 is 0. The maximum Gasteiger partial charge on any atom is 0.358 e. The second kappa shape index (κ2) is 4.84. The summed E-state index contributed by atoms with van der Waals surface area (Å²) in [5, 5.41) is 36.6. The number of aliphatic carboxylic acids is 3. The molecule has 120 valence electrons. The van der Waals surface area contributed by atoms with Gasteiger partial charge in [-0.2, -0.15) is 0 Å². The largest absolute Gasteiger partial charge is 0.507 e. The van der Waals surface area contributed by atoms with E-state index in [1.807, 2.05) is 0 Å². The number of carboxylic acid groups (broad SMARTS) is 3. The summed E-state index contributed by atoms with van der Waals surface area (Å²) < 4.78 is 0. The van der Waals surface area contributed by atoms with E-state index < -0.39 is 46.4 Å². The molecule has 2 aliphatic rings. The standard InChI is InChI=1S/C14H6N2O8/c17-6-2-4-7(9-3(6)1-5(16-9)12(19)20)8(13(21)22)11(18)10(15-4)14(23)24/h1-2,17H,(H,19,20)(H,21,22)(H,23,24). The third-order valence-corrected chi connectivity index (χ3v) is 3.37. The van der Waals surface area contributed by atoms with Gasteiger partial charge in [-0.15, -0.1) is 0 Å². The van der Waals surface area contributed by atoms with Crippen molar-refractivity contribution in [3.8, 4) is 5.75 Å². The first-order valence-electron chi connectivity index (χ1n) is 6.26. The van der Waals surface area contributed by atoms with Gasteiger partial charge in [-0.1, -0.05) is 0 Å². The van der Waals surface area contributed by atoms with Crippen molar-refractivity contribution in [1.82, 2.24) is 0 Å². The topological polar surface area (TPSA) is 174 Å². The minimum Gasteiger partial charge on any atom is -0.507 e. The van der Waals surface area contributed by atoms with Crippen molar-refractivity contribution < 1.29 is 39.6 Å². The van der Waals surface area contributed by atoms with Gasteiger partial charge in [0.2, 0.25) is 5.78 Å². The number of hydrogen-bond donors (Lipinski definition) is 4. The van der Waals surface area contributed by atoms with Gasteiger partial charge in [0.05, 0.1) is 11.0 Å². The normalized spacial score (nSPS) is 15.0. The number of hydrogen-bond acceptors (Lipinski definition) is 7. The van der Waals surface area contributed by atoms with Crippen LogP contribution in [-0.2, 0) is 19.2 Å². The number of carbonyl (C=O) groups excluding carboxylic acids is 1. The second-order valence-electron chi connectivity index (χ2n) is 4.77. The number of aliphatic imine (C=N–C) groups is 1. The van der Waals surface area contributed by atoms with E-state index in [0.717, 1.165) is 12.1 Å². The van der Waals surface area contributed by atoms with Gasteiger partial charge in [0, 0.05) is 16.8 Å². The highest BCUT2D eigenvalue weighted by atomic mass is 16.4. The predicted octanol–water partition coefficient (Wildman–Crippen LogP) is -1.57. The fraction of sp³-hybridized carbons (Fsp3) is 0. The molecule has 0 atom stereocenters. The molecule has 0 saturated carbocycles. The van der Waals surface area contributed by atoms with Crippen molar-refractivity contribution in [2.24, 2.45) is 9.98 Å². The van der Waals surface area contributed by atoms with E-state index in [2.05, 4.69) is 9.98 Å². The molecule has 0 amide bonds. The second-order valence-corrected chi connectivity index (χ2v) is 4.77. The van der Waals surface area contributed by atoms with Gasteiger partial charge in [-0.05, 0) is 6.08 Å². The molecular weight excluding hydrogens is 324 g/mol. The Morgan fingerprint density at radius 3 is 2.17 bits per heavy atom. The summed E-state index contributed by atoms with van der Waals surface area (Å²) in [6, 6.07) is 0.948. The quantitative estimate of drug-likeness (QED) is 0.514. The van der Waals surface area contributed by atoms with Gasteiger partial charge in [0.15, 0.2) is 5.71 Å². The zero-order valence-corrected chi connectivity index (χ0v) is 11.5. The molecule has 0 aliphatic carbocycles. The van der Waals surface area contributed by atoms with E-state index >= 15 is 0 Å². The number of ketones is 1. The first-order chi connectivity index (χ1) is 11.2. The predicted molar refractivity (Wildman–Crippen MR) is 75.3 cm³/mol. The fourth-order valence-corrected chi connectivity index (χ4v) is 2.40. The maximum atomic E-state index is 12.1. The zero-order chi connectivity index (χ0) is 17.8. The highest BCUT2D eigenvalue weighted by Gasteiger charge is 2.34. The maximum absolute atomic E-state index is 12.1. The van der Waals surface area contributed by atoms with Crippen molar-refractivity contribution in [3.63, 3.8) is 0 Å². The summed E-state index contributed by atoms with van der Waals surface area (Å²) in [5.74, 6) is -6.69. The molecule has 1 aromatic rings. The van der Waals surface area contributed by atoms with Crippen LogP contribution in [0.15, 0.2) is 21.7 Å². The number of carboxylic acids is 3. The van der Waals surface area contributed by atoms with E-state index in [1.54, 1.807) is 0 Å². The van der Waals surface area contributed by atoms with Crippen LogP contribution in [-0.4, -0.2) is 49.8 Å². The minimum atomic E-state index is -1.73. The number of benzene rings is 1. The summed E-state index contributed by atoms with van der Waals surface area (Å²) in [5.41, 5.74) is -2.80. The molecule has 0 spiro atoms. The smallest absolute Gasteiger partial charge is 0.358 e. The van der Waals surface area contributed by atoms with E-state index in [-0.39, 0.29) is 21.8 Å². The Balaban J connectivity index is 2.52. The number of phenols is 1. The molecule has 4 N–H and O–H groups in total. The molecule has 0 unspecified atom stereocenters. The van der Waals surface area contributed by atoms with Gasteiger partial charge in [0.1, 0.15) is 17.0 Å². The molecule has 1 aromatic carbocycles. The third-order valence-electron chi connectivity index (χ3n) is 3.37. The van der Waals surface area contributed by atoms with Crippen molar-refractivity contribution in [2.45, 2.75) is 0 Å². The number of aromatic hydroxyl groups is 1. The van der Waals surface area contributed by atoms with Gasteiger partial charge in [-0.25, -0.2) is 24.4 Å². The summed E-state index contributed by atoms with van der Waals surface area (Å²) in [7, 11) is 0. The van der Waals surface area contributed by atoms with Crippen LogP contribution in [0.1, 0.15) is 5.56 Å². The first-order valence-corrected chi connectivity index (χ1v) is 6.26. The van der Waals surface area contributed by atoms with Crippen LogP contribution in [0.25, 0.3) is 11.6 Å². The first kappa shape index (κ1) is 15.1. The molecule has 10 nitrogen and oxygen atoms in total. The molecule has 0 radical (unpaired) electrons. The molecule has 2 heterocycles. The van der Waals surface area contributed by atoms with Crippen LogP contribution in [0.5, 0.6) is 5.75 Å². The van der Waals surface area contributed by atoms with Crippen LogP contribution in [0.3, 0.4) is 0 Å². The molecule has 2 aliphatic heterocycles. The molecule has 0 aromatic heterocycles.